The van der Waals surface area contributed by atoms with Gasteiger partial charge in [0, 0.05) is 4.88 Å². The molecular weight excluding hydrogens is 246 g/mol. The van der Waals surface area contributed by atoms with Crippen molar-refractivity contribution in [3.8, 4) is 0 Å². The van der Waals surface area contributed by atoms with Gasteiger partial charge in [-0.1, -0.05) is 13.3 Å². The fraction of sp³-hybridized carbons (Fsp3) is 0.643. The third-order valence-corrected chi connectivity index (χ3v) is 5.18. The van der Waals surface area contributed by atoms with Crippen LogP contribution in [-0.4, -0.2) is 24.1 Å². The van der Waals surface area contributed by atoms with E-state index in [0.29, 0.717) is 6.61 Å². The van der Waals surface area contributed by atoms with Crippen molar-refractivity contribution in [2.75, 3.05) is 13.2 Å². The summed E-state index contributed by atoms with van der Waals surface area (Å²) in [4.78, 5) is 19.8. The lowest BCUT2D eigenvalue weighted by molar-refractivity contribution is -0.0765. The molecule has 0 radical (unpaired) electrons. The number of rotatable bonds is 2. The Bertz CT molecular complexity index is 449. The molecule has 0 aromatic carbocycles. The molecular formula is C14H19NO2S. The van der Waals surface area contributed by atoms with Gasteiger partial charge in [0.2, 0.25) is 0 Å². The topological polar surface area (TPSA) is 29.5 Å². The summed E-state index contributed by atoms with van der Waals surface area (Å²) in [5, 5.41) is 1.52. The molecule has 2 heterocycles. The van der Waals surface area contributed by atoms with Crippen LogP contribution in [0.4, 0.5) is 0 Å². The molecule has 98 valence electrons. The number of hydroxylamine groups is 2. The van der Waals surface area contributed by atoms with Crippen molar-refractivity contribution in [1.29, 1.82) is 0 Å². The summed E-state index contributed by atoms with van der Waals surface area (Å²) in [6.45, 7) is 3.67. The minimum atomic E-state index is 0.0555. The van der Waals surface area contributed by atoms with Gasteiger partial charge in [0.25, 0.3) is 5.91 Å². The standard InChI is InChI=1S/C14H19NO2S/c1-2-10-4-5-12-11(8-10)9-13(18-12)14(16)15-6-3-7-17-15/h9-10H,2-8H2,1H3. The molecule has 0 N–H and O–H groups in total. The zero-order valence-corrected chi connectivity index (χ0v) is 11.6. The van der Waals surface area contributed by atoms with E-state index >= 15 is 0 Å². The van der Waals surface area contributed by atoms with E-state index in [2.05, 4.69) is 13.0 Å². The first-order valence-electron chi connectivity index (χ1n) is 6.84. The van der Waals surface area contributed by atoms with Crippen LogP contribution in [0, 0.1) is 5.92 Å². The molecule has 1 aromatic rings. The average Bonchev–Trinajstić information content (AvgIpc) is 3.05. The first-order chi connectivity index (χ1) is 8.78. The van der Waals surface area contributed by atoms with Crippen molar-refractivity contribution in [3.05, 3.63) is 21.4 Å². The first kappa shape index (κ1) is 12.2. The third-order valence-electron chi connectivity index (χ3n) is 3.95. The van der Waals surface area contributed by atoms with Crippen molar-refractivity contribution in [3.63, 3.8) is 0 Å². The lowest BCUT2D eigenvalue weighted by atomic mass is 9.87. The first-order valence-corrected chi connectivity index (χ1v) is 7.66. The summed E-state index contributed by atoms with van der Waals surface area (Å²) < 4.78 is 0. The summed E-state index contributed by atoms with van der Waals surface area (Å²) in [7, 11) is 0. The smallest absolute Gasteiger partial charge is 0.271 e. The Morgan fingerprint density at radius 3 is 3.22 bits per heavy atom. The second kappa shape index (κ2) is 5.02. The molecule has 2 aliphatic rings. The minimum absolute atomic E-state index is 0.0555. The number of aryl methyl sites for hydroxylation is 1. The highest BCUT2D eigenvalue weighted by Gasteiger charge is 2.26. The van der Waals surface area contributed by atoms with Crippen molar-refractivity contribution in [2.45, 2.75) is 39.0 Å². The largest absolute Gasteiger partial charge is 0.287 e. The molecule has 3 rings (SSSR count). The number of hydrogen-bond acceptors (Lipinski definition) is 3. The van der Waals surface area contributed by atoms with Crippen LogP contribution in [0.2, 0.25) is 0 Å². The van der Waals surface area contributed by atoms with Gasteiger partial charge >= 0.3 is 0 Å². The van der Waals surface area contributed by atoms with Crippen LogP contribution in [0.5, 0.6) is 0 Å². The molecule has 1 aliphatic carbocycles. The Morgan fingerprint density at radius 2 is 2.50 bits per heavy atom. The number of nitrogens with zero attached hydrogens (tertiary/aromatic N) is 1. The van der Waals surface area contributed by atoms with Gasteiger partial charge in [0.15, 0.2) is 0 Å². The predicted molar refractivity (Wildman–Crippen MR) is 71.7 cm³/mol. The van der Waals surface area contributed by atoms with E-state index in [1.54, 1.807) is 11.3 Å². The van der Waals surface area contributed by atoms with Gasteiger partial charge in [-0.05, 0) is 43.2 Å². The fourth-order valence-corrected chi connectivity index (χ4v) is 3.93. The average molecular weight is 265 g/mol. The summed E-state index contributed by atoms with van der Waals surface area (Å²) >= 11 is 1.67. The maximum Gasteiger partial charge on any atom is 0.287 e. The van der Waals surface area contributed by atoms with Gasteiger partial charge in [-0.3, -0.25) is 9.63 Å². The molecule has 0 bridgehead atoms. The number of amides is 1. The van der Waals surface area contributed by atoms with Crippen LogP contribution in [-0.2, 0) is 17.7 Å². The molecule has 3 nitrogen and oxygen atoms in total. The Labute approximate surface area is 112 Å². The van der Waals surface area contributed by atoms with Crippen LogP contribution in [0.1, 0.15) is 46.3 Å². The molecule has 1 atom stereocenters. The van der Waals surface area contributed by atoms with Crippen molar-refractivity contribution in [2.24, 2.45) is 5.92 Å². The third kappa shape index (κ3) is 2.19. The maximum absolute atomic E-state index is 12.2. The van der Waals surface area contributed by atoms with Crippen LogP contribution >= 0.6 is 11.3 Å². The molecule has 0 saturated carbocycles. The number of thiophene rings is 1. The molecule has 1 aliphatic heterocycles. The Kier molecular flexibility index (Phi) is 3.39. The highest BCUT2D eigenvalue weighted by molar-refractivity contribution is 7.14. The van der Waals surface area contributed by atoms with Crippen LogP contribution in [0.3, 0.4) is 0 Å². The number of carbonyl (C=O) groups is 1. The van der Waals surface area contributed by atoms with Gasteiger partial charge < -0.3 is 0 Å². The Morgan fingerprint density at radius 1 is 1.61 bits per heavy atom. The minimum Gasteiger partial charge on any atom is -0.271 e. The molecule has 1 saturated heterocycles. The lowest BCUT2D eigenvalue weighted by Crippen LogP contribution is -2.25. The van der Waals surface area contributed by atoms with Crippen molar-refractivity contribution < 1.29 is 9.63 Å². The van der Waals surface area contributed by atoms with E-state index in [1.165, 1.54) is 28.3 Å². The summed E-state index contributed by atoms with van der Waals surface area (Å²) in [6, 6.07) is 2.10. The van der Waals surface area contributed by atoms with E-state index in [-0.39, 0.29) is 5.91 Å². The maximum atomic E-state index is 12.2. The van der Waals surface area contributed by atoms with Crippen molar-refractivity contribution >= 4 is 17.2 Å². The second-order valence-corrected chi connectivity index (χ2v) is 6.31. The van der Waals surface area contributed by atoms with Gasteiger partial charge in [0.1, 0.15) is 0 Å². The van der Waals surface area contributed by atoms with E-state index in [9.17, 15) is 4.79 Å². The molecule has 1 aromatic heterocycles. The lowest BCUT2D eigenvalue weighted by Gasteiger charge is -2.19. The van der Waals surface area contributed by atoms with Crippen LogP contribution < -0.4 is 0 Å². The summed E-state index contributed by atoms with van der Waals surface area (Å²) in [5.74, 6) is 0.859. The zero-order valence-electron chi connectivity index (χ0n) is 10.8. The van der Waals surface area contributed by atoms with Crippen LogP contribution in [0.25, 0.3) is 0 Å². The highest BCUT2D eigenvalue weighted by atomic mass is 32.1. The SMILES string of the molecule is CCC1CCc2sc(C(=O)N3CCCO3)cc2C1. The van der Waals surface area contributed by atoms with Crippen molar-refractivity contribution in [1.82, 2.24) is 5.06 Å². The molecule has 0 spiro atoms. The monoisotopic (exact) mass is 265 g/mol. The quantitative estimate of drug-likeness (QED) is 0.822. The van der Waals surface area contributed by atoms with Gasteiger partial charge in [0.05, 0.1) is 18.0 Å². The normalized spacial score (nSPS) is 23.2. The predicted octanol–water partition coefficient (Wildman–Crippen LogP) is 3.04. The molecule has 4 heteroatoms. The molecule has 1 fully saturated rings. The molecule has 1 unspecified atom stereocenters. The zero-order chi connectivity index (χ0) is 12.5. The van der Waals surface area contributed by atoms with Gasteiger partial charge in [-0.2, -0.15) is 0 Å². The van der Waals surface area contributed by atoms with Crippen LogP contribution in [0.15, 0.2) is 6.07 Å². The summed E-state index contributed by atoms with van der Waals surface area (Å²) in [6.07, 6.45) is 5.77. The van der Waals surface area contributed by atoms with Gasteiger partial charge in [-0.15, -0.1) is 11.3 Å². The Balaban J connectivity index is 1.78. The van der Waals surface area contributed by atoms with E-state index in [4.69, 9.17) is 4.84 Å². The highest BCUT2D eigenvalue weighted by Crippen LogP contribution is 2.34. The van der Waals surface area contributed by atoms with Gasteiger partial charge in [-0.25, -0.2) is 5.06 Å². The second-order valence-electron chi connectivity index (χ2n) is 5.17. The number of fused-ring (bicyclic) bond motifs is 1. The van der Waals surface area contributed by atoms with E-state index in [1.807, 2.05) is 0 Å². The Hall–Kier alpha value is -0.870. The van der Waals surface area contributed by atoms with E-state index in [0.717, 1.165) is 36.6 Å². The fourth-order valence-electron chi connectivity index (χ4n) is 2.78. The van der Waals surface area contributed by atoms with E-state index < -0.39 is 0 Å². The molecule has 1 amide bonds. The molecule has 18 heavy (non-hydrogen) atoms. The number of hydrogen-bond donors (Lipinski definition) is 0. The number of carbonyl (C=O) groups excluding carboxylic acids is 1. The summed E-state index contributed by atoms with van der Waals surface area (Å²) in [5.41, 5.74) is 1.40.